The van der Waals surface area contributed by atoms with E-state index in [1.54, 1.807) is 41.6 Å². The molecule has 1 atom stereocenters. The summed E-state index contributed by atoms with van der Waals surface area (Å²) in [5.74, 6) is -0.258. The highest BCUT2D eigenvalue weighted by Gasteiger charge is 2.49. The lowest BCUT2D eigenvalue weighted by Crippen LogP contribution is -2.33. The molecular weight excluding hydrogens is 428 g/mol. The summed E-state index contributed by atoms with van der Waals surface area (Å²) in [6, 6.07) is 20.3. The number of aromatic nitrogens is 2. The van der Waals surface area contributed by atoms with Gasteiger partial charge in [0.2, 0.25) is 0 Å². The van der Waals surface area contributed by atoms with E-state index in [0.717, 1.165) is 11.1 Å². The van der Waals surface area contributed by atoms with E-state index in [0.29, 0.717) is 28.0 Å². The minimum absolute atomic E-state index is 0.258. The number of rotatable bonds is 4. The van der Waals surface area contributed by atoms with Gasteiger partial charge in [0.05, 0.1) is 11.2 Å². The predicted molar refractivity (Wildman–Crippen MR) is 131 cm³/mol. The molecular formula is C27H24N4O3. The highest BCUT2D eigenvalue weighted by molar-refractivity contribution is 6.09. The summed E-state index contributed by atoms with van der Waals surface area (Å²) in [4.78, 5) is 36.3. The summed E-state index contributed by atoms with van der Waals surface area (Å²) in [5, 5.41) is 2.94. The third-order valence-corrected chi connectivity index (χ3v) is 6.06. The third kappa shape index (κ3) is 3.75. The Morgan fingerprint density at radius 3 is 2.56 bits per heavy atom. The highest BCUT2D eigenvalue weighted by Crippen LogP contribution is 2.44. The van der Waals surface area contributed by atoms with Crippen LogP contribution in [-0.4, -0.2) is 27.6 Å². The lowest BCUT2D eigenvalue weighted by Gasteiger charge is -2.29. The van der Waals surface area contributed by atoms with Crippen molar-refractivity contribution in [3.05, 3.63) is 95.8 Å². The fraction of sp³-hybridized carbons (Fsp3) is 0.185. The Balaban J connectivity index is 1.46. The van der Waals surface area contributed by atoms with Crippen LogP contribution in [0.3, 0.4) is 0 Å². The summed E-state index contributed by atoms with van der Waals surface area (Å²) >= 11 is 0. The Kier molecular flexibility index (Phi) is 5.24. The van der Waals surface area contributed by atoms with Crippen LogP contribution >= 0.6 is 0 Å². The van der Waals surface area contributed by atoms with Crippen molar-refractivity contribution in [3.8, 4) is 0 Å². The fourth-order valence-corrected chi connectivity index (χ4v) is 4.51. The summed E-state index contributed by atoms with van der Waals surface area (Å²) in [6.07, 6.45) is 2.89. The molecule has 0 aliphatic carbocycles. The first-order valence-electron chi connectivity index (χ1n) is 11.0. The number of benzene rings is 2. The van der Waals surface area contributed by atoms with Gasteiger partial charge in [-0.1, -0.05) is 30.3 Å². The zero-order chi connectivity index (χ0) is 23.9. The Labute approximate surface area is 197 Å². The van der Waals surface area contributed by atoms with E-state index in [4.69, 9.17) is 4.74 Å². The molecule has 3 heterocycles. The van der Waals surface area contributed by atoms with E-state index in [-0.39, 0.29) is 11.9 Å². The second kappa shape index (κ2) is 8.26. The molecule has 2 aromatic heterocycles. The zero-order valence-electron chi connectivity index (χ0n) is 19.1. The molecule has 5 rings (SSSR count). The van der Waals surface area contributed by atoms with E-state index >= 15 is 0 Å². The van der Waals surface area contributed by atoms with Crippen molar-refractivity contribution in [2.24, 2.45) is 0 Å². The molecule has 7 nitrogen and oxygen atoms in total. The molecule has 34 heavy (non-hydrogen) atoms. The van der Waals surface area contributed by atoms with Gasteiger partial charge < -0.3 is 10.1 Å². The van der Waals surface area contributed by atoms with Crippen molar-refractivity contribution in [2.45, 2.75) is 32.4 Å². The Bertz CT molecular complexity index is 1400. The number of ether oxygens (including phenoxy) is 1. The quantitative estimate of drug-likeness (QED) is 0.431. The van der Waals surface area contributed by atoms with Crippen LogP contribution in [-0.2, 0) is 4.74 Å². The number of hydrogen-bond donors (Lipinski definition) is 1. The van der Waals surface area contributed by atoms with Crippen LogP contribution in [0.2, 0.25) is 0 Å². The normalized spacial score (nSPS) is 17.0. The molecule has 1 saturated heterocycles. The van der Waals surface area contributed by atoms with E-state index < -0.39 is 11.7 Å². The smallest absolute Gasteiger partial charge is 0.415 e. The maximum absolute atomic E-state index is 13.1. The fourth-order valence-electron chi connectivity index (χ4n) is 4.51. The van der Waals surface area contributed by atoms with Crippen molar-refractivity contribution in [1.29, 1.82) is 0 Å². The van der Waals surface area contributed by atoms with Crippen molar-refractivity contribution < 1.29 is 14.3 Å². The van der Waals surface area contributed by atoms with Gasteiger partial charge in [0.25, 0.3) is 5.91 Å². The largest absolute Gasteiger partial charge is 0.441 e. The van der Waals surface area contributed by atoms with Crippen LogP contribution in [0.1, 0.15) is 41.4 Å². The molecule has 0 saturated carbocycles. The Morgan fingerprint density at radius 2 is 1.79 bits per heavy atom. The van der Waals surface area contributed by atoms with Crippen LogP contribution in [0.5, 0.6) is 0 Å². The van der Waals surface area contributed by atoms with Gasteiger partial charge in [-0.25, -0.2) is 4.79 Å². The average molecular weight is 453 g/mol. The van der Waals surface area contributed by atoms with Gasteiger partial charge in [0, 0.05) is 23.6 Å². The second-order valence-corrected chi connectivity index (χ2v) is 8.84. The predicted octanol–water partition coefficient (Wildman–Crippen LogP) is 5.67. The van der Waals surface area contributed by atoms with Crippen molar-refractivity contribution >= 4 is 34.4 Å². The summed E-state index contributed by atoms with van der Waals surface area (Å²) in [5.41, 5.74) is 4.11. The van der Waals surface area contributed by atoms with Crippen molar-refractivity contribution in [2.75, 3.05) is 10.2 Å². The van der Waals surface area contributed by atoms with Gasteiger partial charge in [0.1, 0.15) is 17.2 Å². The van der Waals surface area contributed by atoms with E-state index in [1.807, 2.05) is 63.2 Å². The van der Waals surface area contributed by atoms with Crippen LogP contribution in [0.4, 0.5) is 16.2 Å². The molecule has 170 valence electrons. The first-order chi connectivity index (χ1) is 16.3. The summed E-state index contributed by atoms with van der Waals surface area (Å²) in [6.45, 7) is 5.67. The average Bonchev–Trinajstić information content (AvgIpc) is 3.07. The standard InChI is InChI=1S/C27H24N4O3/c1-17-16-19(31-24(18-8-5-4-6-9-18)27(2,3)34-26(31)33)11-12-20(17)25(32)30-22-13-15-28-21-10-7-14-29-23(21)22/h4-16,24H,1-3H3,(H,28,30,32)/t24-/m0/s1. The number of nitrogens with zero attached hydrogens (tertiary/aromatic N) is 3. The first-order valence-corrected chi connectivity index (χ1v) is 11.0. The first kappa shape index (κ1) is 21.6. The molecule has 2 aromatic carbocycles. The highest BCUT2D eigenvalue weighted by atomic mass is 16.6. The van der Waals surface area contributed by atoms with Gasteiger partial charge in [-0.2, -0.15) is 0 Å². The summed E-state index contributed by atoms with van der Waals surface area (Å²) in [7, 11) is 0. The van der Waals surface area contributed by atoms with Gasteiger partial charge in [-0.3, -0.25) is 19.7 Å². The van der Waals surface area contributed by atoms with Gasteiger partial charge in [-0.15, -0.1) is 0 Å². The molecule has 1 fully saturated rings. The van der Waals surface area contributed by atoms with Crippen molar-refractivity contribution in [3.63, 3.8) is 0 Å². The topological polar surface area (TPSA) is 84.4 Å². The number of carbonyl (C=O) groups is 2. The maximum Gasteiger partial charge on any atom is 0.415 e. The van der Waals surface area contributed by atoms with Crippen molar-refractivity contribution in [1.82, 2.24) is 9.97 Å². The van der Waals surface area contributed by atoms with Crippen LogP contribution < -0.4 is 10.2 Å². The van der Waals surface area contributed by atoms with Crippen LogP contribution in [0, 0.1) is 6.92 Å². The molecule has 2 amide bonds. The maximum atomic E-state index is 13.1. The number of cyclic esters (lactones) is 1. The molecule has 7 heteroatoms. The molecule has 1 aliphatic heterocycles. The molecule has 0 spiro atoms. The number of aryl methyl sites for hydroxylation is 1. The minimum atomic E-state index is -0.711. The molecule has 0 radical (unpaired) electrons. The Morgan fingerprint density at radius 1 is 1.00 bits per heavy atom. The molecule has 1 N–H and O–H groups in total. The number of fused-ring (bicyclic) bond motifs is 1. The van der Waals surface area contributed by atoms with Crippen LogP contribution in [0.15, 0.2) is 79.1 Å². The molecule has 4 aromatic rings. The number of hydrogen-bond acceptors (Lipinski definition) is 5. The number of amides is 2. The monoisotopic (exact) mass is 452 g/mol. The van der Waals surface area contributed by atoms with E-state index in [2.05, 4.69) is 15.3 Å². The number of anilines is 2. The third-order valence-electron chi connectivity index (χ3n) is 6.06. The number of pyridine rings is 2. The SMILES string of the molecule is Cc1cc(N2C(=O)OC(C)(C)[C@@H]2c2ccccc2)ccc1C(=O)Nc1ccnc2cccnc12. The van der Waals surface area contributed by atoms with E-state index in [1.165, 1.54) is 0 Å². The molecule has 0 unspecified atom stereocenters. The van der Waals surface area contributed by atoms with E-state index in [9.17, 15) is 9.59 Å². The van der Waals surface area contributed by atoms with Crippen LogP contribution in [0.25, 0.3) is 11.0 Å². The lowest BCUT2D eigenvalue weighted by atomic mass is 9.91. The summed E-state index contributed by atoms with van der Waals surface area (Å²) < 4.78 is 5.72. The van der Waals surface area contributed by atoms with Gasteiger partial charge in [-0.05, 0) is 68.3 Å². The number of carbonyl (C=O) groups excluding carboxylic acids is 2. The molecule has 1 aliphatic rings. The van der Waals surface area contributed by atoms with Gasteiger partial charge in [0.15, 0.2) is 0 Å². The molecule has 0 bridgehead atoms. The lowest BCUT2D eigenvalue weighted by molar-refractivity contribution is 0.0685. The number of nitrogens with one attached hydrogen (secondary N) is 1. The minimum Gasteiger partial charge on any atom is -0.441 e. The second-order valence-electron chi connectivity index (χ2n) is 8.84. The van der Waals surface area contributed by atoms with Gasteiger partial charge >= 0.3 is 6.09 Å². The Hall–Kier alpha value is -4.26. The zero-order valence-corrected chi connectivity index (χ0v) is 19.1.